The van der Waals surface area contributed by atoms with E-state index < -0.39 is 15.6 Å². The largest absolute Gasteiger partial charge is 0.345 e. The summed E-state index contributed by atoms with van der Waals surface area (Å²) in [6.07, 6.45) is 5.70. The molecule has 1 saturated carbocycles. The van der Waals surface area contributed by atoms with Gasteiger partial charge in [-0.2, -0.15) is 4.72 Å². The Bertz CT molecular complexity index is 751. The molecule has 2 aromatic rings. The van der Waals surface area contributed by atoms with E-state index in [4.69, 9.17) is 0 Å². The molecule has 0 spiro atoms. The van der Waals surface area contributed by atoms with Crippen LogP contribution < -0.4 is 4.72 Å². The molecule has 0 radical (unpaired) electrons. The van der Waals surface area contributed by atoms with Gasteiger partial charge in [0, 0.05) is 25.1 Å². The highest BCUT2D eigenvalue weighted by molar-refractivity contribution is 7.89. The number of hydrogen-bond acceptors (Lipinski definition) is 4. The van der Waals surface area contributed by atoms with Crippen LogP contribution in [0, 0.1) is 13.8 Å². The zero-order valence-corrected chi connectivity index (χ0v) is 13.2. The SMILES string of the molecule is Cc1cnc(C2(NS(=O)(=O)c3cn(C)c(C)n3)CCC2)[nH]1. The van der Waals surface area contributed by atoms with E-state index in [1.165, 1.54) is 6.20 Å². The maximum absolute atomic E-state index is 12.6. The van der Waals surface area contributed by atoms with Crippen molar-refractivity contribution in [2.75, 3.05) is 0 Å². The summed E-state index contributed by atoms with van der Waals surface area (Å²) in [5.74, 6) is 1.34. The predicted octanol–water partition coefficient (Wildman–Crippen LogP) is 1.12. The smallest absolute Gasteiger partial charge is 0.260 e. The predicted molar refractivity (Wildman–Crippen MR) is 77.1 cm³/mol. The van der Waals surface area contributed by atoms with Crippen LogP contribution in [0.4, 0.5) is 0 Å². The van der Waals surface area contributed by atoms with E-state index in [-0.39, 0.29) is 5.03 Å². The second-order valence-electron chi connectivity index (χ2n) is 5.69. The normalized spacial score (nSPS) is 17.7. The summed E-state index contributed by atoms with van der Waals surface area (Å²) >= 11 is 0. The van der Waals surface area contributed by atoms with Crippen LogP contribution in [0.15, 0.2) is 17.4 Å². The van der Waals surface area contributed by atoms with Gasteiger partial charge in [0.1, 0.15) is 11.6 Å². The van der Waals surface area contributed by atoms with Gasteiger partial charge in [-0.1, -0.05) is 0 Å². The molecule has 7 nitrogen and oxygen atoms in total. The van der Waals surface area contributed by atoms with Gasteiger partial charge in [-0.05, 0) is 33.1 Å². The molecule has 21 heavy (non-hydrogen) atoms. The molecular formula is C13H19N5O2S. The average molecular weight is 309 g/mol. The average Bonchev–Trinajstić information content (AvgIpc) is 2.92. The third kappa shape index (κ3) is 2.38. The maximum atomic E-state index is 12.6. The molecule has 0 atom stereocenters. The molecule has 1 aliphatic carbocycles. The molecule has 0 aromatic carbocycles. The van der Waals surface area contributed by atoms with Crippen LogP contribution in [0.5, 0.6) is 0 Å². The second-order valence-corrected chi connectivity index (χ2v) is 7.32. The van der Waals surface area contributed by atoms with E-state index in [0.717, 1.165) is 25.0 Å². The first-order valence-corrected chi connectivity index (χ1v) is 8.37. The molecule has 1 fully saturated rings. The number of hydrogen-bond donors (Lipinski definition) is 2. The first-order valence-electron chi connectivity index (χ1n) is 6.88. The van der Waals surface area contributed by atoms with Gasteiger partial charge < -0.3 is 9.55 Å². The molecule has 3 rings (SSSR count). The zero-order valence-electron chi connectivity index (χ0n) is 12.3. The van der Waals surface area contributed by atoms with Crippen molar-refractivity contribution < 1.29 is 8.42 Å². The monoisotopic (exact) mass is 309 g/mol. The van der Waals surface area contributed by atoms with Gasteiger partial charge in [-0.3, -0.25) is 0 Å². The molecule has 0 aliphatic heterocycles. The fourth-order valence-electron chi connectivity index (χ4n) is 2.54. The zero-order chi connectivity index (χ0) is 15.3. The van der Waals surface area contributed by atoms with E-state index in [1.54, 1.807) is 24.7 Å². The van der Waals surface area contributed by atoms with Crippen molar-refractivity contribution >= 4 is 10.0 Å². The molecule has 0 unspecified atom stereocenters. The van der Waals surface area contributed by atoms with Crippen LogP contribution in [0.25, 0.3) is 0 Å². The third-order valence-corrected chi connectivity index (χ3v) is 5.46. The summed E-state index contributed by atoms with van der Waals surface area (Å²) in [5, 5.41) is 0.0528. The fourth-order valence-corrected chi connectivity index (χ4v) is 4.01. The number of aromatic nitrogens is 4. The summed E-state index contributed by atoms with van der Waals surface area (Å²) in [6.45, 7) is 3.67. The van der Waals surface area contributed by atoms with Crippen LogP contribution in [-0.4, -0.2) is 27.9 Å². The molecule has 0 bridgehead atoms. The fraction of sp³-hybridized carbons (Fsp3) is 0.538. The Kier molecular flexibility index (Phi) is 3.18. The number of H-pyrrole nitrogens is 1. The lowest BCUT2D eigenvalue weighted by Gasteiger charge is -2.40. The van der Waals surface area contributed by atoms with E-state index in [9.17, 15) is 8.42 Å². The maximum Gasteiger partial charge on any atom is 0.260 e. The lowest BCUT2D eigenvalue weighted by Crippen LogP contribution is -2.51. The van der Waals surface area contributed by atoms with Gasteiger partial charge in [0.05, 0.1) is 5.54 Å². The van der Waals surface area contributed by atoms with Crippen molar-refractivity contribution in [2.45, 2.75) is 43.7 Å². The summed E-state index contributed by atoms with van der Waals surface area (Å²) < 4.78 is 29.6. The second kappa shape index (κ2) is 4.67. The molecule has 2 heterocycles. The van der Waals surface area contributed by atoms with Gasteiger partial charge in [0.15, 0.2) is 5.03 Å². The van der Waals surface area contributed by atoms with Crippen molar-refractivity contribution in [2.24, 2.45) is 7.05 Å². The van der Waals surface area contributed by atoms with Crippen LogP contribution in [0.1, 0.15) is 36.6 Å². The number of rotatable bonds is 4. The standard InChI is InChI=1S/C13H19N5O2S/c1-9-7-14-12(15-9)13(5-4-6-13)17-21(19,20)11-8-18(3)10(2)16-11/h7-8,17H,4-6H2,1-3H3,(H,14,15). The molecule has 2 aromatic heterocycles. The lowest BCUT2D eigenvalue weighted by atomic mass is 9.77. The van der Waals surface area contributed by atoms with Crippen molar-refractivity contribution in [1.82, 2.24) is 24.2 Å². The number of aromatic amines is 1. The summed E-state index contributed by atoms with van der Waals surface area (Å²) in [5.41, 5.74) is 0.294. The van der Waals surface area contributed by atoms with Crippen LogP contribution >= 0.6 is 0 Å². The Balaban J connectivity index is 1.93. The minimum atomic E-state index is -3.66. The van der Waals surface area contributed by atoms with Crippen molar-refractivity contribution in [1.29, 1.82) is 0 Å². The molecule has 0 saturated heterocycles. The van der Waals surface area contributed by atoms with Crippen LogP contribution in [0.2, 0.25) is 0 Å². The Hall–Kier alpha value is -1.67. The minimum Gasteiger partial charge on any atom is -0.345 e. The molecule has 114 valence electrons. The number of imidazole rings is 2. The van der Waals surface area contributed by atoms with E-state index in [1.807, 2.05) is 6.92 Å². The Morgan fingerprint density at radius 2 is 2.10 bits per heavy atom. The number of nitrogens with zero attached hydrogens (tertiary/aromatic N) is 3. The van der Waals surface area contributed by atoms with Gasteiger partial charge in [-0.15, -0.1) is 0 Å². The van der Waals surface area contributed by atoms with Gasteiger partial charge >= 0.3 is 0 Å². The Morgan fingerprint density at radius 1 is 1.38 bits per heavy atom. The highest BCUT2D eigenvalue weighted by Gasteiger charge is 2.45. The molecule has 2 N–H and O–H groups in total. The molecule has 0 amide bonds. The first-order chi connectivity index (χ1) is 9.82. The van der Waals surface area contributed by atoms with E-state index in [2.05, 4.69) is 19.7 Å². The Morgan fingerprint density at radius 3 is 2.52 bits per heavy atom. The van der Waals surface area contributed by atoms with Crippen LogP contribution in [0.3, 0.4) is 0 Å². The molecule has 8 heteroatoms. The number of aryl methyl sites for hydroxylation is 3. The van der Waals surface area contributed by atoms with Gasteiger partial charge in [0.25, 0.3) is 10.0 Å². The summed E-state index contributed by atoms with van der Waals surface area (Å²) in [6, 6.07) is 0. The summed E-state index contributed by atoms with van der Waals surface area (Å²) in [4.78, 5) is 11.6. The highest BCUT2D eigenvalue weighted by Crippen LogP contribution is 2.40. The number of nitrogens with one attached hydrogen (secondary N) is 2. The minimum absolute atomic E-state index is 0.0528. The molecule has 1 aliphatic rings. The first kappa shape index (κ1) is 14.3. The number of sulfonamides is 1. The third-order valence-electron chi connectivity index (χ3n) is 4.05. The molecular weight excluding hydrogens is 290 g/mol. The van der Waals surface area contributed by atoms with E-state index >= 15 is 0 Å². The summed E-state index contributed by atoms with van der Waals surface area (Å²) in [7, 11) is -1.89. The van der Waals surface area contributed by atoms with E-state index in [0.29, 0.717) is 11.6 Å². The topological polar surface area (TPSA) is 92.7 Å². The van der Waals surface area contributed by atoms with Crippen molar-refractivity contribution in [3.05, 3.63) is 29.7 Å². The Labute approximate surface area is 123 Å². The lowest BCUT2D eigenvalue weighted by molar-refractivity contribution is 0.211. The van der Waals surface area contributed by atoms with Crippen LogP contribution in [-0.2, 0) is 22.6 Å². The highest BCUT2D eigenvalue weighted by atomic mass is 32.2. The van der Waals surface area contributed by atoms with Gasteiger partial charge in [-0.25, -0.2) is 18.4 Å². The van der Waals surface area contributed by atoms with Crippen molar-refractivity contribution in [3.8, 4) is 0 Å². The quantitative estimate of drug-likeness (QED) is 0.885. The van der Waals surface area contributed by atoms with Crippen molar-refractivity contribution in [3.63, 3.8) is 0 Å². The van der Waals surface area contributed by atoms with Gasteiger partial charge in [0.2, 0.25) is 0 Å².